The Morgan fingerprint density at radius 1 is 1.22 bits per heavy atom. The van der Waals surface area contributed by atoms with E-state index in [0.717, 1.165) is 11.5 Å². The van der Waals surface area contributed by atoms with Crippen LogP contribution in [0.25, 0.3) is 0 Å². The minimum atomic E-state index is -0.395. The molecule has 2 nitrogen and oxygen atoms in total. The normalized spacial score (nSPS) is 23.3. The zero-order valence-corrected chi connectivity index (χ0v) is 6.19. The highest BCUT2D eigenvalue weighted by atomic mass is 32.2. The molecule has 0 spiro atoms. The van der Waals surface area contributed by atoms with Crippen molar-refractivity contribution in [3.63, 3.8) is 0 Å². The minimum Gasteiger partial charge on any atom is -0.410 e. The summed E-state index contributed by atoms with van der Waals surface area (Å²) < 4.78 is 4.74. The first-order chi connectivity index (χ1) is 4.43. The molecule has 1 aliphatic rings. The molecule has 1 saturated heterocycles. The molecular weight excluding hydrogens is 136 g/mol. The Labute approximate surface area is 58.1 Å². The fourth-order valence-electron chi connectivity index (χ4n) is 1.01. The molecule has 0 aliphatic carbocycles. The maximum Gasteiger partial charge on any atom is 0.428 e. The lowest BCUT2D eigenvalue weighted by Crippen LogP contribution is -2.04. The number of thiol groups is 1. The first kappa shape index (κ1) is 6.93. The second-order valence-electron chi connectivity index (χ2n) is 2.16. The van der Waals surface area contributed by atoms with Gasteiger partial charge in [-0.3, -0.25) is 0 Å². The van der Waals surface area contributed by atoms with Crippen molar-refractivity contribution in [3.8, 4) is 0 Å². The molecule has 0 saturated carbocycles. The highest BCUT2D eigenvalue weighted by Gasteiger charge is 2.09. The maximum atomic E-state index is 9.74. The van der Waals surface area contributed by atoms with Gasteiger partial charge in [-0.1, -0.05) is 17.6 Å². The van der Waals surface area contributed by atoms with Gasteiger partial charge in [-0.15, -0.1) is 0 Å². The summed E-state index contributed by atoms with van der Waals surface area (Å²) in [5.41, 5.74) is 0. The first-order valence-electron chi connectivity index (χ1n) is 3.22. The molecule has 1 rings (SSSR count). The summed E-state index contributed by atoms with van der Waals surface area (Å²) in [6, 6.07) is 0. The smallest absolute Gasteiger partial charge is 0.410 e. The Balaban J connectivity index is 2.15. The molecule has 0 aromatic heterocycles. The zero-order chi connectivity index (χ0) is 6.53. The third-order valence-corrected chi connectivity index (χ3v) is 3.44. The molecule has 0 unspecified atom stereocenters. The number of rotatable bonds is 2. The molecule has 0 aromatic rings. The van der Waals surface area contributed by atoms with E-state index in [1.807, 2.05) is 0 Å². The Hall–Kier alpha value is -0.180. The van der Waals surface area contributed by atoms with Crippen LogP contribution in [0.4, 0.5) is 0 Å². The number of hydrogen-bond acceptors (Lipinski definition) is 2. The van der Waals surface area contributed by atoms with Gasteiger partial charge in [-0.25, -0.2) is 4.79 Å². The van der Waals surface area contributed by atoms with Crippen LogP contribution in [-0.2, 0) is 8.98 Å². The van der Waals surface area contributed by atoms with Gasteiger partial charge in [0.25, 0.3) is 0 Å². The van der Waals surface area contributed by atoms with Gasteiger partial charge in [0.2, 0.25) is 0 Å². The van der Waals surface area contributed by atoms with E-state index in [1.54, 1.807) is 0 Å². The fraction of sp³-hybridized carbons (Fsp3) is 0.833. The third-order valence-electron chi connectivity index (χ3n) is 1.48. The molecule has 0 atom stereocenters. The molecule has 0 bridgehead atoms. The number of carbonyl (C=O) groups excluding carboxylic acids is 1. The Morgan fingerprint density at radius 2 is 1.89 bits per heavy atom. The zero-order valence-electron chi connectivity index (χ0n) is 5.30. The van der Waals surface area contributed by atoms with Gasteiger partial charge < -0.3 is 4.18 Å². The van der Waals surface area contributed by atoms with Gasteiger partial charge in [0.05, 0.1) is 0 Å². The molecule has 9 heavy (non-hydrogen) atoms. The Kier molecular flexibility index (Phi) is 2.91. The topological polar surface area (TPSA) is 26.3 Å². The van der Waals surface area contributed by atoms with Crippen molar-refractivity contribution in [2.75, 3.05) is 11.5 Å². The molecular formula is C6H11O2S. The first-order valence-corrected chi connectivity index (χ1v) is 4.85. The van der Waals surface area contributed by atoms with Crippen LogP contribution in [0.15, 0.2) is 0 Å². The van der Waals surface area contributed by atoms with Gasteiger partial charge >= 0.3 is 6.47 Å². The SMILES string of the molecule is O=[C]O[SH]1CCCCC1. The minimum absolute atomic E-state index is 0.395. The summed E-state index contributed by atoms with van der Waals surface area (Å²) in [5.74, 6) is 2.20. The van der Waals surface area contributed by atoms with E-state index in [1.165, 1.54) is 25.7 Å². The standard InChI is InChI=1S/C6H11O2S/c7-6-8-9-4-2-1-3-5-9/h9H,1-5H2. The lowest BCUT2D eigenvalue weighted by Gasteiger charge is -2.22. The third kappa shape index (κ3) is 2.26. The molecule has 1 radical (unpaired) electrons. The van der Waals surface area contributed by atoms with Crippen molar-refractivity contribution in [1.29, 1.82) is 0 Å². The van der Waals surface area contributed by atoms with Crippen molar-refractivity contribution in [2.24, 2.45) is 0 Å². The van der Waals surface area contributed by atoms with E-state index in [9.17, 15) is 4.79 Å². The van der Waals surface area contributed by atoms with Crippen LogP contribution < -0.4 is 0 Å². The Bertz CT molecular complexity index is 89.1. The predicted molar refractivity (Wildman–Crippen MR) is 39.3 cm³/mol. The predicted octanol–water partition coefficient (Wildman–Crippen LogP) is 1.17. The van der Waals surface area contributed by atoms with Crippen molar-refractivity contribution < 1.29 is 8.98 Å². The quantitative estimate of drug-likeness (QED) is 0.593. The van der Waals surface area contributed by atoms with Gasteiger partial charge in [0.15, 0.2) is 0 Å². The molecule has 0 amide bonds. The van der Waals surface area contributed by atoms with Gasteiger partial charge in [-0.2, -0.15) is 0 Å². The fourth-order valence-corrected chi connectivity index (χ4v) is 2.67. The lowest BCUT2D eigenvalue weighted by molar-refractivity contribution is 0.467. The second kappa shape index (κ2) is 3.77. The summed E-state index contributed by atoms with van der Waals surface area (Å²) in [6.07, 6.45) is 3.77. The number of hydrogen-bond donors (Lipinski definition) is 1. The van der Waals surface area contributed by atoms with E-state index < -0.39 is 11.2 Å². The van der Waals surface area contributed by atoms with E-state index in [0.29, 0.717) is 0 Å². The highest BCUT2D eigenvalue weighted by Crippen LogP contribution is 2.32. The van der Waals surface area contributed by atoms with E-state index in [2.05, 4.69) is 0 Å². The monoisotopic (exact) mass is 147 g/mol. The lowest BCUT2D eigenvalue weighted by atomic mass is 10.3. The average Bonchev–Trinajstić information content (AvgIpc) is 1.91. The Morgan fingerprint density at radius 3 is 2.44 bits per heavy atom. The van der Waals surface area contributed by atoms with Crippen LogP contribution in [0, 0.1) is 0 Å². The summed E-state index contributed by atoms with van der Waals surface area (Å²) in [4.78, 5) is 9.74. The van der Waals surface area contributed by atoms with Crippen LogP contribution in [-0.4, -0.2) is 18.0 Å². The molecule has 0 aromatic carbocycles. The summed E-state index contributed by atoms with van der Waals surface area (Å²) in [6.45, 7) is 1.52. The molecule has 53 valence electrons. The summed E-state index contributed by atoms with van der Waals surface area (Å²) in [7, 11) is 0. The summed E-state index contributed by atoms with van der Waals surface area (Å²) >= 11 is -0.395. The molecule has 3 heteroatoms. The van der Waals surface area contributed by atoms with Crippen LogP contribution >= 0.6 is 11.2 Å². The highest BCUT2D eigenvalue weighted by molar-refractivity contribution is 8.13. The van der Waals surface area contributed by atoms with Crippen LogP contribution in [0.1, 0.15) is 19.3 Å². The molecule has 1 aliphatic heterocycles. The van der Waals surface area contributed by atoms with Gasteiger partial charge in [0, 0.05) is 11.5 Å². The molecule has 1 fully saturated rings. The van der Waals surface area contributed by atoms with Gasteiger partial charge in [0.1, 0.15) is 0 Å². The summed E-state index contributed by atoms with van der Waals surface area (Å²) in [5, 5.41) is 0. The van der Waals surface area contributed by atoms with Crippen LogP contribution in [0.5, 0.6) is 0 Å². The van der Waals surface area contributed by atoms with E-state index >= 15 is 0 Å². The van der Waals surface area contributed by atoms with Gasteiger partial charge in [-0.05, 0) is 12.8 Å². The molecule has 0 N–H and O–H groups in total. The average molecular weight is 147 g/mol. The van der Waals surface area contributed by atoms with Crippen LogP contribution in [0.3, 0.4) is 0 Å². The second-order valence-corrected chi connectivity index (χ2v) is 4.20. The van der Waals surface area contributed by atoms with Crippen molar-refractivity contribution >= 4 is 17.6 Å². The van der Waals surface area contributed by atoms with Crippen LogP contribution in [0.2, 0.25) is 0 Å². The van der Waals surface area contributed by atoms with Crippen molar-refractivity contribution in [3.05, 3.63) is 0 Å². The largest absolute Gasteiger partial charge is 0.428 e. The van der Waals surface area contributed by atoms with E-state index in [4.69, 9.17) is 4.18 Å². The van der Waals surface area contributed by atoms with Crippen molar-refractivity contribution in [1.82, 2.24) is 0 Å². The van der Waals surface area contributed by atoms with Crippen molar-refractivity contribution in [2.45, 2.75) is 19.3 Å². The maximum absolute atomic E-state index is 9.74. The van der Waals surface area contributed by atoms with E-state index in [-0.39, 0.29) is 0 Å². The molecule has 1 heterocycles.